The molecule has 7 nitrogen and oxygen atoms in total. The Hall–Kier alpha value is -3.61. The van der Waals surface area contributed by atoms with E-state index in [1.54, 1.807) is 18.2 Å². The summed E-state index contributed by atoms with van der Waals surface area (Å²) in [6.07, 6.45) is 8.76. The molecule has 7 heteroatoms. The molecule has 5 aliphatic rings. The first-order chi connectivity index (χ1) is 17.1. The van der Waals surface area contributed by atoms with E-state index in [2.05, 4.69) is 0 Å². The molecule has 1 saturated carbocycles. The summed E-state index contributed by atoms with van der Waals surface area (Å²) in [5.74, 6) is -0.623. The van der Waals surface area contributed by atoms with Crippen LogP contribution in [0.4, 0.5) is 0 Å². The number of nitrogens with zero attached hydrogens (tertiary/aromatic N) is 2. The van der Waals surface area contributed by atoms with E-state index in [1.165, 1.54) is 4.90 Å². The predicted molar refractivity (Wildman–Crippen MR) is 126 cm³/mol. The molecule has 2 amide bonds. The first-order valence-corrected chi connectivity index (χ1v) is 12.5. The lowest BCUT2D eigenvalue weighted by atomic mass is 9.83. The van der Waals surface area contributed by atoms with Crippen molar-refractivity contribution in [3.05, 3.63) is 65.4 Å². The zero-order chi connectivity index (χ0) is 23.7. The lowest BCUT2D eigenvalue weighted by Gasteiger charge is -2.37. The van der Waals surface area contributed by atoms with Gasteiger partial charge in [-0.05, 0) is 48.2 Å². The first-order valence-electron chi connectivity index (χ1n) is 12.5. The normalized spacial score (nSPS) is 28.8. The smallest absolute Gasteiger partial charge is 0.236 e. The topological polar surface area (TPSA) is 76.1 Å². The molecule has 0 N–H and O–H groups in total. The number of hydrogen-bond acceptors (Lipinski definition) is 6. The van der Waals surface area contributed by atoms with Gasteiger partial charge in [0.2, 0.25) is 18.6 Å². The van der Waals surface area contributed by atoms with Crippen LogP contribution in [-0.2, 0) is 9.59 Å². The van der Waals surface area contributed by atoms with Crippen LogP contribution in [0.5, 0.6) is 11.5 Å². The highest BCUT2D eigenvalue weighted by Gasteiger charge is 2.65. The molecule has 35 heavy (non-hydrogen) atoms. The summed E-state index contributed by atoms with van der Waals surface area (Å²) in [5.41, 5.74) is 2.49. The highest BCUT2D eigenvalue weighted by Crippen LogP contribution is 2.54. The molecule has 2 aromatic carbocycles. The Morgan fingerprint density at radius 3 is 2.51 bits per heavy atom. The highest BCUT2D eigenvalue weighted by atomic mass is 16.7. The maximum Gasteiger partial charge on any atom is 0.236 e. The third-order valence-electron chi connectivity index (χ3n) is 8.36. The second-order valence-corrected chi connectivity index (χ2v) is 10.1. The van der Waals surface area contributed by atoms with Crippen molar-refractivity contribution in [1.29, 1.82) is 0 Å². The van der Waals surface area contributed by atoms with E-state index >= 15 is 0 Å². The number of fused-ring (bicyclic) bond motifs is 6. The van der Waals surface area contributed by atoms with Crippen LogP contribution in [0.1, 0.15) is 59.6 Å². The van der Waals surface area contributed by atoms with Crippen molar-refractivity contribution in [3.63, 3.8) is 0 Å². The third-order valence-corrected chi connectivity index (χ3v) is 8.36. The molecule has 0 bridgehead atoms. The number of benzene rings is 2. The Balaban J connectivity index is 1.33. The number of likely N-dealkylation sites (tertiary alicyclic amines) is 1. The predicted octanol–water partition coefficient (Wildman–Crippen LogP) is 3.94. The Bertz CT molecular complexity index is 1280. The SMILES string of the molecule is O=C(c1ccc2c(c1)OCO2)[C@@H]1[C@@H]2C(=O)N(C3CCCCC3)C(=O)[C@@H]2C2c3ccccc3C=CN21. The van der Waals surface area contributed by atoms with Crippen molar-refractivity contribution in [2.24, 2.45) is 11.8 Å². The van der Waals surface area contributed by atoms with E-state index in [0.29, 0.717) is 17.1 Å². The lowest BCUT2D eigenvalue weighted by molar-refractivity contribution is -0.144. The van der Waals surface area contributed by atoms with Crippen LogP contribution >= 0.6 is 0 Å². The number of carbonyl (C=O) groups is 3. The van der Waals surface area contributed by atoms with Gasteiger partial charge in [-0.2, -0.15) is 0 Å². The van der Waals surface area contributed by atoms with E-state index in [9.17, 15) is 14.4 Å². The molecule has 0 spiro atoms. The fourth-order valence-electron chi connectivity index (χ4n) is 6.80. The Morgan fingerprint density at radius 2 is 1.66 bits per heavy atom. The fourth-order valence-corrected chi connectivity index (χ4v) is 6.80. The molecule has 2 saturated heterocycles. The van der Waals surface area contributed by atoms with Crippen molar-refractivity contribution < 1.29 is 23.9 Å². The van der Waals surface area contributed by atoms with Crippen LogP contribution in [0.15, 0.2) is 48.7 Å². The van der Waals surface area contributed by atoms with Crippen LogP contribution in [0.2, 0.25) is 0 Å². The molecule has 0 aromatic heterocycles. The minimum Gasteiger partial charge on any atom is -0.454 e. The van der Waals surface area contributed by atoms with Crippen LogP contribution < -0.4 is 9.47 Å². The third kappa shape index (κ3) is 2.93. The minimum atomic E-state index is -0.750. The summed E-state index contributed by atoms with van der Waals surface area (Å²) < 4.78 is 10.9. The molecule has 4 aliphatic heterocycles. The number of carbonyl (C=O) groups excluding carboxylic acids is 3. The zero-order valence-electron chi connectivity index (χ0n) is 19.3. The van der Waals surface area contributed by atoms with Gasteiger partial charge in [0.1, 0.15) is 6.04 Å². The van der Waals surface area contributed by atoms with Gasteiger partial charge < -0.3 is 14.4 Å². The Kier molecular flexibility index (Phi) is 4.56. The molecule has 3 fully saturated rings. The Morgan fingerprint density at radius 1 is 0.886 bits per heavy atom. The number of ether oxygens (including phenoxy) is 2. The Labute approximate surface area is 203 Å². The molecule has 178 valence electrons. The molecular weight excluding hydrogens is 444 g/mol. The average molecular weight is 471 g/mol. The van der Waals surface area contributed by atoms with Gasteiger partial charge in [0, 0.05) is 17.8 Å². The molecule has 7 rings (SSSR count). The van der Waals surface area contributed by atoms with Gasteiger partial charge in [-0.3, -0.25) is 19.3 Å². The quantitative estimate of drug-likeness (QED) is 0.500. The monoisotopic (exact) mass is 470 g/mol. The number of hydrogen-bond donors (Lipinski definition) is 0. The minimum absolute atomic E-state index is 0.0570. The van der Waals surface area contributed by atoms with Crippen molar-refractivity contribution in [3.8, 4) is 11.5 Å². The van der Waals surface area contributed by atoms with Gasteiger partial charge in [-0.15, -0.1) is 0 Å². The summed E-state index contributed by atoms with van der Waals surface area (Å²) in [6.45, 7) is 0.123. The average Bonchev–Trinajstić information content (AvgIpc) is 3.57. The maximum absolute atomic E-state index is 14.0. The number of amides is 2. The van der Waals surface area contributed by atoms with E-state index < -0.39 is 17.9 Å². The van der Waals surface area contributed by atoms with Crippen LogP contribution in [-0.4, -0.2) is 46.3 Å². The second-order valence-electron chi connectivity index (χ2n) is 10.1. The highest BCUT2D eigenvalue weighted by molar-refractivity contribution is 6.12. The van der Waals surface area contributed by atoms with Crippen molar-refractivity contribution >= 4 is 23.7 Å². The van der Waals surface area contributed by atoms with Crippen LogP contribution in [0.25, 0.3) is 6.08 Å². The van der Waals surface area contributed by atoms with Crippen LogP contribution in [0, 0.1) is 11.8 Å². The van der Waals surface area contributed by atoms with E-state index in [0.717, 1.165) is 43.2 Å². The van der Waals surface area contributed by atoms with E-state index in [4.69, 9.17) is 9.47 Å². The summed E-state index contributed by atoms with van der Waals surface area (Å²) >= 11 is 0. The van der Waals surface area contributed by atoms with Crippen molar-refractivity contribution in [2.45, 2.75) is 50.2 Å². The fraction of sp³-hybridized carbons (Fsp3) is 0.393. The van der Waals surface area contributed by atoms with Gasteiger partial charge in [0.15, 0.2) is 17.3 Å². The number of imide groups is 1. The zero-order valence-corrected chi connectivity index (χ0v) is 19.3. The number of Topliss-reactive ketones (excluding diaryl/α,β-unsaturated/α-hetero) is 1. The standard InChI is InChI=1S/C28H26N2O5/c31-26(17-10-11-20-21(14-17)35-15-34-20)25-23-22(24-19-9-5-4-6-16(19)12-13-29(24)25)27(32)30(28(23)33)18-7-2-1-3-8-18/h4-6,9-14,18,22-25H,1-3,7-8,15H2/t22-,23+,24?,25-/m0/s1. The van der Waals surface area contributed by atoms with E-state index in [1.807, 2.05) is 41.4 Å². The summed E-state index contributed by atoms with van der Waals surface area (Å²) in [7, 11) is 0. The number of ketones is 1. The van der Waals surface area contributed by atoms with Gasteiger partial charge in [-0.25, -0.2) is 0 Å². The van der Waals surface area contributed by atoms with Gasteiger partial charge in [0.05, 0.1) is 17.9 Å². The molecule has 4 atom stereocenters. The first kappa shape index (κ1) is 20.7. The number of rotatable bonds is 3. The van der Waals surface area contributed by atoms with Crippen molar-refractivity contribution in [1.82, 2.24) is 9.80 Å². The summed E-state index contributed by atoms with van der Waals surface area (Å²) in [4.78, 5) is 45.4. The van der Waals surface area contributed by atoms with Crippen LogP contribution in [0.3, 0.4) is 0 Å². The molecule has 1 unspecified atom stereocenters. The van der Waals surface area contributed by atoms with Crippen molar-refractivity contribution in [2.75, 3.05) is 6.79 Å². The molecule has 2 aromatic rings. The molecule has 1 aliphatic carbocycles. The summed E-state index contributed by atoms with van der Waals surface area (Å²) in [5, 5.41) is 0. The largest absolute Gasteiger partial charge is 0.454 e. The van der Waals surface area contributed by atoms with Gasteiger partial charge >= 0.3 is 0 Å². The van der Waals surface area contributed by atoms with Gasteiger partial charge in [0.25, 0.3) is 0 Å². The van der Waals surface area contributed by atoms with E-state index in [-0.39, 0.29) is 36.5 Å². The summed E-state index contributed by atoms with van der Waals surface area (Å²) in [6, 6.07) is 12.0. The lowest BCUT2D eigenvalue weighted by Crippen LogP contribution is -2.47. The second kappa shape index (κ2) is 7.70. The maximum atomic E-state index is 14.0. The van der Waals surface area contributed by atoms with Gasteiger partial charge in [-0.1, -0.05) is 43.5 Å². The molecule has 4 heterocycles. The molecular formula is C28H26N2O5. The molecule has 0 radical (unpaired) electrons.